The summed E-state index contributed by atoms with van der Waals surface area (Å²) in [4.78, 5) is 11.9. The van der Waals surface area contributed by atoms with Crippen LogP contribution in [0.25, 0.3) is 10.1 Å². The van der Waals surface area contributed by atoms with Gasteiger partial charge in [0.25, 0.3) is 0 Å². The normalized spacial score (nSPS) is 9.83. The topological polar surface area (TPSA) is 26.3 Å². The number of rotatable bonds is 3. The van der Waals surface area contributed by atoms with E-state index in [0.29, 0.717) is 5.56 Å². The van der Waals surface area contributed by atoms with Crippen molar-refractivity contribution in [2.45, 2.75) is 19.8 Å². The van der Waals surface area contributed by atoms with E-state index in [9.17, 15) is 4.79 Å². The highest BCUT2D eigenvalue weighted by atomic mass is 32.1. The summed E-state index contributed by atoms with van der Waals surface area (Å²) in [5.41, 5.74) is 0.632. The predicted octanol–water partition coefficient (Wildman–Crippen LogP) is 3.86. The first-order valence-corrected chi connectivity index (χ1v) is 6.80. The van der Waals surface area contributed by atoms with E-state index < -0.39 is 0 Å². The lowest BCUT2D eigenvalue weighted by molar-refractivity contribution is 0.0559. The second kappa shape index (κ2) is 6.23. The van der Waals surface area contributed by atoms with Crippen LogP contribution < -0.4 is 0 Å². The highest BCUT2D eigenvalue weighted by Gasteiger charge is 2.12. The van der Waals surface area contributed by atoms with E-state index in [0.717, 1.165) is 22.9 Å². The van der Waals surface area contributed by atoms with Gasteiger partial charge in [-0.25, -0.2) is 4.79 Å². The molecule has 0 aliphatic carbocycles. The van der Waals surface area contributed by atoms with Crippen molar-refractivity contribution in [2.24, 2.45) is 0 Å². The molecule has 0 saturated carbocycles. The van der Waals surface area contributed by atoms with Crippen LogP contribution in [0, 0.1) is 11.8 Å². The van der Waals surface area contributed by atoms with Crippen molar-refractivity contribution in [3.8, 4) is 11.8 Å². The van der Waals surface area contributed by atoms with Gasteiger partial charge in [0.05, 0.1) is 5.56 Å². The van der Waals surface area contributed by atoms with Gasteiger partial charge in [0.2, 0.25) is 0 Å². The Hall–Kier alpha value is -1.79. The molecule has 0 N–H and O–H groups in total. The molecule has 0 aliphatic heterocycles. The number of thiophene rings is 1. The second-order valence-electron chi connectivity index (χ2n) is 3.83. The SMILES string of the molecule is CCCC#CCOC(=O)c1csc2ccccc12. The Kier molecular flexibility index (Phi) is 4.38. The average Bonchev–Trinajstić information content (AvgIpc) is 2.82. The van der Waals surface area contributed by atoms with Crippen LogP contribution in [0.4, 0.5) is 0 Å². The first-order valence-electron chi connectivity index (χ1n) is 5.92. The molecule has 1 heterocycles. The van der Waals surface area contributed by atoms with E-state index in [4.69, 9.17) is 4.74 Å². The molecule has 3 heteroatoms. The molecule has 0 spiro atoms. The van der Waals surface area contributed by atoms with Crippen molar-refractivity contribution in [3.05, 3.63) is 35.2 Å². The molecule has 0 unspecified atom stereocenters. The number of fused-ring (bicyclic) bond motifs is 1. The Morgan fingerprint density at radius 2 is 2.17 bits per heavy atom. The quantitative estimate of drug-likeness (QED) is 0.617. The summed E-state index contributed by atoms with van der Waals surface area (Å²) in [6.07, 6.45) is 1.87. The van der Waals surface area contributed by atoms with Gasteiger partial charge < -0.3 is 4.74 Å². The second-order valence-corrected chi connectivity index (χ2v) is 4.74. The summed E-state index contributed by atoms with van der Waals surface area (Å²) in [6.45, 7) is 2.24. The maximum Gasteiger partial charge on any atom is 0.340 e. The Bertz CT molecular complexity index is 601. The van der Waals surface area contributed by atoms with Crippen molar-refractivity contribution < 1.29 is 9.53 Å². The van der Waals surface area contributed by atoms with Gasteiger partial charge in [-0.2, -0.15) is 0 Å². The summed E-state index contributed by atoms with van der Waals surface area (Å²) >= 11 is 1.55. The van der Waals surface area contributed by atoms with Crippen LogP contribution in [-0.4, -0.2) is 12.6 Å². The summed E-state index contributed by atoms with van der Waals surface area (Å²) < 4.78 is 6.23. The van der Waals surface area contributed by atoms with Gasteiger partial charge in [-0.3, -0.25) is 0 Å². The predicted molar refractivity (Wildman–Crippen MR) is 74.8 cm³/mol. The summed E-state index contributed by atoms with van der Waals surface area (Å²) in [6, 6.07) is 7.82. The summed E-state index contributed by atoms with van der Waals surface area (Å²) in [5, 5.41) is 2.79. The highest BCUT2D eigenvalue weighted by molar-refractivity contribution is 7.17. The number of hydrogen-bond donors (Lipinski definition) is 0. The standard InChI is InChI=1S/C15H14O2S/c1-2-3-4-7-10-17-15(16)13-11-18-14-9-6-5-8-12(13)14/h5-6,8-9,11H,2-3,10H2,1H3. The van der Waals surface area contributed by atoms with E-state index in [1.54, 1.807) is 11.3 Å². The zero-order chi connectivity index (χ0) is 12.8. The molecular formula is C15H14O2S. The fourth-order valence-corrected chi connectivity index (χ4v) is 2.51. The summed E-state index contributed by atoms with van der Waals surface area (Å²) in [7, 11) is 0. The number of benzene rings is 1. The van der Waals surface area contributed by atoms with Crippen molar-refractivity contribution >= 4 is 27.4 Å². The molecule has 0 saturated heterocycles. The monoisotopic (exact) mass is 258 g/mol. The van der Waals surface area contributed by atoms with Crippen molar-refractivity contribution in [2.75, 3.05) is 6.61 Å². The zero-order valence-electron chi connectivity index (χ0n) is 10.2. The van der Waals surface area contributed by atoms with E-state index >= 15 is 0 Å². The van der Waals surface area contributed by atoms with Gasteiger partial charge in [0.15, 0.2) is 6.61 Å². The van der Waals surface area contributed by atoms with Crippen molar-refractivity contribution in [1.29, 1.82) is 0 Å². The first-order chi connectivity index (χ1) is 8.83. The minimum absolute atomic E-state index is 0.170. The third kappa shape index (κ3) is 2.91. The molecule has 0 bridgehead atoms. The minimum Gasteiger partial charge on any atom is -0.449 e. The molecule has 92 valence electrons. The molecular weight excluding hydrogens is 244 g/mol. The van der Waals surface area contributed by atoms with Gasteiger partial charge >= 0.3 is 5.97 Å². The van der Waals surface area contributed by atoms with Gasteiger partial charge in [-0.05, 0) is 12.5 Å². The van der Waals surface area contributed by atoms with E-state index in [1.807, 2.05) is 29.6 Å². The molecule has 1 aromatic heterocycles. The Labute approximate surface area is 111 Å². The molecule has 0 amide bonds. The highest BCUT2D eigenvalue weighted by Crippen LogP contribution is 2.25. The lowest BCUT2D eigenvalue weighted by Gasteiger charge is -1.99. The van der Waals surface area contributed by atoms with Crippen molar-refractivity contribution in [3.63, 3.8) is 0 Å². The lowest BCUT2D eigenvalue weighted by atomic mass is 10.2. The lowest BCUT2D eigenvalue weighted by Crippen LogP contribution is -2.04. The summed E-state index contributed by atoms with van der Waals surface area (Å²) in [5.74, 6) is 5.49. The molecule has 0 radical (unpaired) electrons. The maximum absolute atomic E-state index is 11.9. The van der Waals surface area contributed by atoms with Crippen LogP contribution in [0.15, 0.2) is 29.6 Å². The molecule has 0 fully saturated rings. The number of carbonyl (C=O) groups excluding carboxylic acids is 1. The van der Waals surface area contributed by atoms with Crippen LogP contribution in [-0.2, 0) is 4.74 Å². The fraction of sp³-hybridized carbons (Fsp3) is 0.267. The molecule has 2 aromatic rings. The number of carbonyl (C=O) groups is 1. The molecule has 2 rings (SSSR count). The van der Waals surface area contributed by atoms with Crippen LogP contribution in [0.2, 0.25) is 0 Å². The van der Waals surface area contributed by atoms with Gasteiger partial charge in [-0.15, -0.1) is 11.3 Å². The maximum atomic E-state index is 11.9. The zero-order valence-corrected chi connectivity index (χ0v) is 11.0. The minimum atomic E-state index is -0.293. The van der Waals surface area contributed by atoms with E-state index in [1.165, 1.54) is 0 Å². The smallest absolute Gasteiger partial charge is 0.340 e. The molecule has 1 aromatic carbocycles. The van der Waals surface area contributed by atoms with E-state index in [2.05, 4.69) is 18.8 Å². The van der Waals surface area contributed by atoms with Gasteiger partial charge in [0, 0.05) is 21.9 Å². The van der Waals surface area contributed by atoms with Crippen LogP contribution in [0.3, 0.4) is 0 Å². The number of unbranched alkanes of at least 4 members (excludes halogenated alkanes) is 1. The molecule has 0 atom stereocenters. The molecule has 2 nitrogen and oxygen atoms in total. The van der Waals surface area contributed by atoms with Crippen LogP contribution >= 0.6 is 11.3 Å². The van der Waals surface area contributed by atoms with Crippen molar-refractivity contribution in [1.82, 2.24) is 0 Å². The molecule has 0 aliphatic rings. The van der Waals surface area contributed by atoms with E-state index in [-0.39, 0.29) is 12.6 Å². The van der Waals surface area contributed by atoms with Crippen LogP contribution in [0.1, 0.15) is 30.1 Å². The first kappa shape index (κ1) is 12.7. The number of hydrogen-bond acceptors (Lipinski definition) is 3. The Morgan fingerprint density at radius 3 is 3.00 bits per heavy atom. The third-order valence-corrected chi connectivity index (χ3v) is 3.44. The number of esters is 1. The van der Waals surface area contributed by atoms with Crippen LogP contribution in [0.5, 0.6) is 0 Å². The number of ether oxygens (including phenoxy) is 1. The average molecular weight is 258 g/mol. The molecule has 18 heavy (non-hydrogen) atoms. The fourth-order valence-electron chi connectivity index (χ4n) is 1.58. The Morgan fingerprint density at radius 1 is 1.33 bits per heavy atom. The third-order valence-electron chi connectivity index (χ3n) is 2.48. The van der Waals surface area contributed by atoms with Gasteiger partial charge in [0.1, 0.15) is 0 Å². The Balaban J connectivity index is 2.04. The largest absolute Gasteiger partial charge is 0.449 e. The van der Waals surface area contributed by atoms with Gasteiger partial charge in [-0.1, -0.05) is 37.0 Å².